The fourth-order valence-electron chi connectivity index (χ4n) is 1.28. The molecule has 0 saturated heterocycles. The number of nitrogens with zero attached hydrogens (tertiary/aromatic N) is 2. The molecule has 1 aromatic heterocycles. The zero-order valence-corrected chi connectivity index (χ0v) is 10.2. The second-order valence-electron chi connectivity index (χ2n) is 3.47. The molecule has 0 atom stereocenters. The average molecular weight is 302 g/mol. The molecule has 10 heteroatoms. The third-order valence-corrected chi connectivity index (χ3v) is 3.79. The number of rotatable bonds is 5. The van der Waals surface area contributed by atoms with E-state index in [4.69, 9.17) is 5.11 Å². The minimum Gasteiger partial charge on any atom is -0.395 e. The lowest BCUT2D eigenvalue weighted by atomic mass is 10.5. The third-order valence-electron chi connectivity index (χ3n) is 2.01. The molecule has 0 aromatic carbocycles. The van der Waals surface area contributed by atoms with Gasteiger partial charge in [0, 0.05) is 12.7 Å². The highest BCUT2D eigenvalue weighted by atomic mass is 32.2. The van der Waals surface area contributed by atoms with Crippen LogP contribution in [0.15, 0.2) is 23.4 Å². The minimum absolute atomic E-state index is 0.0710. The van der Waals surface area contributed by atoms with E-state index in [1.165, 1.54) is 0 Å². The number of aliphatic hydroxyl groups is 1. The van der Waals surface area contributed by atoms with Crippen molar-refractivity contribution in [3.63, 3.8) is 0 Å². The summed E-state index contributed by atoms with van der Waals surface area (Å²) in [5.74, 6) is -1.26. The summed E-state index contributed by atoms with van der Waals surface area (Å²) in [4.78, 5) is 3.23. The van der Waals surface area contributed by atoms with Crippen molar-refractivity contribution in [3.05, 3.63) is 24.1 Å². The van der Waals surface area contributed by atoms with Gasteiger partial charge in [0.2, 0.25) is 5.03 Å². The number of hydrogen-bond donors (Lipinski definition) is 1. The molecule has 1 heterocycles. The number of aromatic nitrogens is 1. The first-order valence-electron chi connectivity index (χ1n) is 4.97. The summed E-state index contributed by atoms with van der Waals surface area (Å²) in [6, 6.07) is 1.87. The van der Waals surface area contributed by atoms with Crippen molar-refractivity contribution < 1.29 is 31.1 Å². The van der Waals surface area contributed by atoms with Gasteiger partial charge >= 0.3 is 6.18 Å². The monoisotopic (exact) mass is 302 g/mol. The first-order valence-corrected chi connectivity index (χ1v) is 6.41. The molecule has 0 aliphatic carbocycles. The lowest BCUT2D eigenvalue weighted by molar-refractivity contribution is -0.136. The molecular weight excluding hydrogens is 292 g/mol. The Bertz CT molecular complexity index is 533. The van der Waals surface area contributed by atoms with Gasteiger partial charge in [0.15, 0.2) is 5.82 Å². The predicted molar refractivity (Wildman–Crippen MR) is 56.1 cm³/mol. The summed E-state index contributed by atoms with van der Waals surface area (Å²) in [6.45, 7) is -3.46. The zero-order valence-electron chi connectivity index (χ0n) is 9.43. The molecule has 1 aromatic rings. The Kier molecular flexibility index (Phi) is 4.82. The van der Waals surface area contributed by atoms with Crippen molar-refractivity contribution in [1.82, 2.24) is 9.29 Å². The molecule has 0 saturated carbocycles. The van der Waals surface area contributed by atoms with Crippen LogP contribution in [0.3, 0.4) is 0 Å². The molecule has 5 nitrogen and oxygen atoms in total. The van der Waals surface area contributed by atoms with Crippen LogP contribution in [0.2, 0.25) is 0 Å². The Labute approximate surface area is 106 Å². The standard InChI is InChI=1S/C9H10F4N2O3S/c10-7-2-1-3-14-8(7)19(17,18)15(4-5-16)6-9(11,12)13/h1-3,16H,4-6H2. The third kappa shape index (κ3) is 4.11. The van der Waals surface area contributed by atoms with Crippen LogP contribution in [0.25, 0.3) is 0 Å². The van der Waals surface area contributed by atoms with E-state index < -0.39 is 46.7 Å². The fraction of sp³-hybridized carbons (Fsp3) is 0.444. The number of halogens is 4. The first kappa shape index (κ1) is 15.8. The molecule has 1 N–H and O–H groups in total. The molecule has 0 amide bonds. The van der Waals surface area contributed by atoms with Crippen molar-refractivity contribution in [2.24, 2.45) is 0 Å². The normalized spacial score (nSPS) is 12.9. The van der Waals surface area contributed by atoms with Gasteiger partial charge in [-0.15, -0.1) is 0 Å². The highest BCUT2D eigenvalue weighted by Crippen LogP contribution is 2.22. The van der Waals surface area contributed by atoms with Gasteiger partial charge in [-0.1, -0.05) is 0 Å². The topological polar surface area (TPSA) is 70.5 Å². The average Bonchev–Trinajstić information content (AvgIpc) is 2.27. The molecule has 0 unspecified atom stereocenters. The van der Waals surface area contributed by atoms with E-state index >= 15 is 0 Å². The van der Waals surface area contributed by atoms with Gasteiger partial charge < -0.3 is 5.11 Å². The number of hydrogen-bond acceptors (Lipinski definition) is 4. The van der Waals surface area contributed by atoms with Gasteiger partial charge in [-0.3, -0.25) is 0 Å². The summed E-state index contributed by atoms with van der Waals surface area (Å²) in [5.41, 5.74) is 0. The predicted octanol–water partition coefficient (Wildman–Crippen LogP) is 0.766. The number of pyridine rings is 1. The number of alkyl halides is 3. The highest BCUT2D eigenvalue weighted by molar-refractivity contribution is 7.89. The van der Waals surface area contributed by atoms with Crippen LogP contribution in [0.4, 0.5) is 17.6 Å². The van der Waals surface area contributed by atoms with E-state index in [1.807, 2.05) is 0 Å². The van der Waals surface area contributed by atoms with Gasteiger partial charge in [0.05, 0.1) is 6.61 Å². The lowest BCUT2D eigenvalue weighted by Crippen LogP contribution is -2.41. The van der Waals surface area contributed by atoms with E-state index in [-0.39, 0.29) is 4.31 Å². The van der Waals surface area contributed by atoms with Crippen LogP contribution in [0.1, 0.15) is 0 Å². The molecule has 0 spiro atoms. The van der Waals surface area contributed by atoms with Gasteiger partial charge in [0.1, 0.15) is 6.54 Å². The lowest BCUT2D eigenvalue weighted by Gasteiger charge is -2.22. The summed E-state index contributed by atoms with van der Waals surface area (Å²) in [7, 11) is -4.76. The molecule has 0 aliphatic rings. The summed E-state index contributed by atoms with van der Waals surface area (Å²) < 4.78 is 73.7. The van der Waals surface area contributed by atoms with E-state index in [0.717, 1.165) is 18.3 Å². The summed E-state index contributed by atoms with van der Waals surface area (Å²) in [6.07, 6.45) is -3.87. The number of aliphatic hydroxyl groups excluding tert-OH is 1. The maximum Gasteiger partial charge on any atom is 0.402 e. The van der Waals surface area contributed by atoms with Gasteiger partial charge in [-0.05, 0) is 12.1 Å². The van der Waals surface area contributed by atoms with E-state index in [2.05, 4.69) is 4.98 Å². The zero-order chi connectivity index (χ0) is 14.7. The molecule has 108 valence electrons. The van der Waals surface area contributed by atoms with Crippen molar-refractivity contribution in [2.75, 3.05) is 19.7 Å². The van der Waals surface area contributed by atoms with E-state index in [9.17, 15) is 26.0 Å². The quantitative estimate of drug-likeness (QED) is 0.816. The second kappa shape index (κ2) is 5.80. The van der Waals surface area contributed by atoms with Gasteiger partial charge in [-0.25, -0.2) is 17.8 Å². The molecular formula is C9H10F4N2O3S. The van der Waals surface area contributed by atoms with Crippen LogP contribution in [0, 0.1) is 5.82 Å². The highest BCUT2D eigenvalue weighted by Gasteiger charge is 2.38. The van der Waals surface area contributed by atoms with Crippen LogP contribution >= 0.6 is 0 Å². The van der Waals surface area contributed by atoms with Crippen molar-refractivity contribution in [1.29, 1.82) is 0 Å². The minimum atomic E-state index is -4.81. The first-order chi connectivity index (χ1) is 8.68. The van der Waals surface area contributed by atoms with Crippen LogP contribution < -0.4 is 0 Å². The molecule has 1 rings (SSSR count). The summed E-state index contributed by atoms with van der Waals surface area (Å²) in [5, 5.41) is 7.52. The van der Waals surface area contributed by atoms with Crippen LogP contribution in [0.5, 0.6) is 0 Å². The molecule has 0 bridgehead atoms. The Morgan fingerprint density at radius 1 is 1.37 bits per heavy atom. The summed E-state index contributed by atoms with van der Waals surface area (Å²) >= 11 is 0. The molecule has 0 fully saturated rings. The largest absolute Gasteiger partial charge is 0.402 e. The Hall–Kier alpha value is -1.26. The Balaban J connectivity index is 3.17. The van der Waals surface area contributed by atoms with Crippen molar-refractivity contribution in [2.45, 2.75) is 11.2 Å². The molecule has 0 aliphatic heterocycles. The van der Waals surface area contributed by atoms with Crippen LogP contribution in [-0.4, -0.2) is 48.7 Å². The number of sulfonamides is 1. The Morgan fingerprint density at radius 3 is 2.47 bits per heavy atom. The van der Waals surface area contributed by atoms with E-state index in [1.54, 1.807) is 0 Å². The SMILES string of the molecule is O=S(=O)(c1ncccc1F)N(CCO)CC(F)(F)F. The fourth-order valence-corrected chi connectivity index (χ4v) is 2.67. The Morgan fingerprint density at radius 2 is 2.00 bits per heavy atom. The molecule has 0 radical (unpaired) electrons. The van der Waals surface area contributed by atoms with Gasteiger partial charge in [-0.2, -0.15) is 17.5 Å². The maximum atomic E-state index is 13.3. The van der Waals surface area contributed by atoms with Crippen LogP contribution in [-0.2, 0) is 10.0 Å². The maximum absolute atomic E-state index is 13.3. The molecule has 19 heavy (non-hydrogen) atoms. The second-order valence-corrected chi connectivity index (χ2v) is 5.32. The smallest absolute Gasteiger partial charge is 0.395 e. The van der Waals surface area contributed by atoms with Crippen molar-refractivity contribution >= 4 is 10.0 Å². The van der Waals surface area contributed by atoms with Gasteiger partial charge in [0.25, 0.3) is 10.0 Å². The van der Waals surface area contributed by atoms with E-state index in [0.29, 0.717) is 0 Å². The van der Waals surface area contributed by atoms with Crippen molar-refractivity contribution in [3.8, 4) is 0 Å².